The van der Waals surface area contributed by atoms with Crippen molar-refractivity contribution in [3.8, 4) is 0 Å². The molecular weight excluding hydrogens is 319 g/mol. The number of anilines is 1. The largest absolute Gasteiger partial charge is 0.322 e. The lowest BCUT2D eigenvalue weighted by atomic mass is 9.97. The third-order valence-corrected chi connectivity index (χ3v) is 5.01. The van der Waals surface area contributed by atoms with Gasteiger partial charge in [0.2, 0.25) is 5.91 Å². The fraction of sp³-hybridized carbons (Fsp3) is 0.588. The van der Waals surface area contributed by atoms with Crippen molar-refractivity contribution in [2.24, 2.45) is 0 Å². The van der Waals surface area contributed by atoms with Crippen LogP contribution in [0.4, 0.5) is 5.69 Å². The Morgan fingerprint density at radius 3 is 2.45 bits per heavy atom. The van der Waals surface area contributed by atoms with Crippen LogP contribution in [0.2, 0.25) is 10.0 Å². The fourth-order valence-corrected chi connectivity index (χ4v) is 3.32. The first kappa shape index (κ1) is 17.6. The molecule has 0 spiro atoms. The van der Waals surface area contributed by atoms with Gasteiger partial charge in [-0.05, 0) is 31.4 Å². The van der Waals surface area contributed by atoms with Gasteiger partial charge in [0.1, 0.15) is 0 Å². The van der Waals surface area contributed by atoms with Crippen molar-refractivity contribution >= 4 is 34.8 Å². The Morgan fingerprint density at radius 1 is 1.14 bits per heavy atom. The number of carbonyl (C=O) groups is 1. The first-order valence-corrected chi connectivity index (χ1v) is 8.81. The van der Waals surface area contributed by atoms with Crippen molar-refractivity contribution in [3.05, 3.63) is 27.7 Å². The molecule has 0 aromatic heterocycles. The number of aryl methyl sites for hydroxylation is 1. The topological polar surface area (TPSA) is 41.1 Å². The average Bonchev–Trinajstić information content (AvgIpc) is 2.46. The molecule has 3 nitrogen and oxygen atoms in total. The van der Waals surface area contributed by atoms with Crippen LogP contribution in [0.3, 0.4) is 0 Å². The van der Waals surface area contributed by atoms with Gasteiger partial charge in [-0.1, -0.05) is 61.4 Å². The van der Waals surface area contributed by atoms with E-state index in [2.05, 4.69) is 10.6 Å². The lowest BCUT2D eigenvalue weighted by molar-refractivity contribution is -0.115. The molecule has 0 radical (unpaired) electrons. The Morgan fingerprint density at radius 2 is 1.77 bits per heavy atom. The molecular formula is C17H24Cl2N2O. The maximum Gasteiger partial charge on any atom is 0.238 e. The predicted molar refractivity (Wildman–Crippen MR) is 93.9 cm³/mol. The second kappa shape index (κ2) is 8.76. The monoisotopic (exact) mass is 342 g/mol. The van der Waals surface area contributed by atoms with Gasteiger partial charge in [-0.3, -0.25) is 4.79 Å². The van der Waals surface area contributed by atoms with Crippen molar-refractivity contribution in [2.75, 3.05) is 11.9 Å². The summed E-state index contributed by atoms with van der Waals surface area (Å²) in [6.07, 6.45) is 8.75. The highest BCUT2D eigenvalue weighted by Gasteiger charge is 2.15. The summed E-state index contributed by atoms with van der Waals surface area (Å²) in [6.45, 7) is 2.19. The number of hydrogen-bond donors (Lipinski definition) is 2. The summed E-state index contributed by atoms with van der Waals surface area (Å²) < 4.78 is 0. The van der Waals surface area contributed by atoms with Gasteiger partial charge in [0, 0.05) is 6.04 Å². The molecule has 1 aliphatic carbocycles. The smallest absolute Gasteiger partial charge is 0.238 e. The van der Waals surface area contributed by atoms with Crippen LogP contribution in [-0.2, 0) is 4.79 Å². The number of rotatable bonds is 4. The van der Waals surface area contributed by atoms with E-state index >= 15 is 0 Å². The zero-order valence-corrected chi connectivity index (χ0v) is 14.6. The van der Waals surface area contributed by atoms with Crippen LogP contribution in [0.1, 0.15) is 50.5 Å². The van der Waals surface area contributed by atoms with E-state index in [4.69, 9.17) is 23.2 Å². The minimum Gasteiger partial charge on any atom is -0.322 e. The molecule has 1 amide bonds. The standard InChI is InChI=1S/C17H24Cl2N2O/c1-12-9-10-14(18)17(16(12)19)21-15(22)11-20-13-7-5-3-2-4-6-8-13/h9-10,13,20H,2-8,11H2,1H3,(H,21,22). The number of hydrogen-bond acceptors (Lipinski definition) is 2. The molecule has 1 aromatic carbocycles. The quantitative estimate of drug-likeness (QED) is 0.813. The van der Waals surface area contributed by atoms with Crippen molar-refractivity contribution in [3.63, 3.8) is 0 Å². The van der Waals surface area contributed by atoms with Gasteiger partial charge in [-0.15, -0.1) is 0 Å². The highest BCUT2D eigenvalue weighted by atomic mass is 35.5. The van der Waals surface area contributed by atoms with E-state index in [1.807, 2.05) is 13.0 Å². The number of benzene rings is 1. The van der Waals surface area contributed by atoms with Gasteiger partial charge in [0.25, 0.3) is 0 Å². The highest BCUT2D eigenvalue weighted by Crippen LogP contribution is 2.32. The summed E-state index contributed by atoms with van der Waals surface area (Å²) in [5, 5.41) is 7.16. The number of carbonyl (C=O) groups excluding carboxylic acids is 1. The molecule has 2 rings (SSSR count). The van der Waals surface area contributed by atoms with Crippen molar-refractivity contribution < 1.29 is 4.79 Å². The molecule has 0 bridgehead atoms. The third-order valence-electron chi connectivity index (χ3n) is 4.21. The third kappa shape index (κ3) is 5.15. The predicted octanol–water partition coefficient (Wildman–Crippen LogP) is 4.94. The molecule has 1 fully saturated rings. The van der Waals surface area contributed by atoms with Crippen LogP contribution >= 0.6 is 23.2 Å². The molecule has 0 unspecified atom stereocenters. The molecule has 1 aliphatic rings. The minimum absolute atomic E-state index is 0.101. The van der Waals surface area contributed by atoms with Crippen LogP contribution < -0.4 is 10.6 Å². The molecule has 5 heteroatoms. The normalized spacial score (nSPS) is 16.9. The van der Waals surface area contributed by atoms with E-state index < -0.39 is 0 Å². The van der Waals surface area contributed by atoms with E-state index in [-0.39, 0.29) is 5.91 Å². The van der Waals surface area contributed by atoms with Gasteiger partial charge >= 0.3 is 0 Å². The van der Waals surface area contributed by atoms with Crippen molar-refractivity contribution in [1.82, 2.24) is 5.32 Å². The lowest BCUT2D eigenvalue weighted by Gasteiger charge is -2.21. The van der Waals surface area contributed by atoms with Gasteiger partial charge in [-0.2, -0.15) is 0 Å². The fourth-order valence-electron chi connectivity index (χ4n) is 2.85. The summed E-state index contributed by atoms with van der Waals surface area (Å²) in [5.74, 6) is -0.101. The summed E-state index contributed by atoms with van der Waals surface area (Å²) in [7, 11) is 0. The molecule has 0 saturated heterocycles. The van der Waals surface area contributed by atoms with E-state index in [0.29, 0.717) is 28.3 Å². The second-order valence-electron chi connectivity index (χ2n) is 6.02. The Hall–Kier alpha value is -0.770. The van der Waals surface area contributed by atoms with Gasteiger partial charge in [0.05, 0.1) is 22.3 Å². The number of amides is 1. The Balaban J connectivity index is 1.86. The van der Waals surface area contributed by atoms with E-state index in [9.17, 15) is 4.79 Å². The molecule has 0 aliphatic heterocycles. The Bertz CT molecular complexity index is 512. The van der Waals surface area contributed by atoms with Gasteiger partial charge in [0.15, 0.2) is 0 Å². The minimum atomic E-state index is -0.101. The number of halogens is 2. The van der Waals surface area contributed by atoms with E-state index in [1.54, 1.807) is 6.07 Å². The molecule has 1 saturated carbocycles. The van der Waals surface area contributed by atoms with Crippen molar-refractivity contribution in [1.29, 1.82) is 0 Å². The summed E-state index contributed by atoms with van der Waals surface area (Å²) in [6, 6.07) is 4.03. The average molecular weight is 343 g/mol. The molecule has 0 heterocycles. The van der Waals surface area contributed by atoms with Crippen LogP contribution in [-0.4, -0.2) is 18.5 Å². The van der Waals surface area contributed by atoms with Crippen LogP contribution in [0, 0.1) is 6.92 Å². The molecule has 0 atom stereocenters. The van der Waals surface area contributed by atoms with E-state index in [1.165, 1.54) is 32.1 Å². The SMILES string of the molecule is Cc1ccc(Cl)c(NC(=O)CNC2CCCCCCC2)c1Cl. The zero-order valence-electron chi connectivity index (χ0n) is 13.1. The highest BCUT2D eigenvalue weighted by molar-refractivity contribution is 6.40. The lowest BCUT2D eigenvalue weighted by Crippen LogP contribution is -2.36. The molecule has 2 N–H and O–H groups in total. The molecule has 122 valence electrons. The maximum absolute atomic E-state index is 12.1. The van der Waals surface area contributed by atoms with Crippen LogP contribution in [0.5, 0.6) is 0 Å². The number of nitrogens with one attached hydrogen (secondary N) is 2. The molecule has 1 aromatic rings. The summed E-state index contributed by atoms with van der Waals surface area (Å²) >= 11 is 12.3. The summed E-state index contributed by atoms with van der Waals surface area (Å²) in [4.78, 5) is 12.1. The summed E-state index contributed by atoms with van der Waals surface area (Å²) in [5.41, 5.74) is 1.40. The Kier molecular flexibility index (Phi) is 7.00. The van der Waals surface area contributed by atoms with Crippen LogP contribution in [0.25, 0.3) is 0 Å². The maximum atomic E-state index is 12.1. The zero-order chi connectivity index (χ0) is 15.9. The van der Waals surface area contributed by atoms with Crippen molar-refractivity contribution in [2.45, 2.75) is 57.9 Å². The Labute approximate surface area is 142 Å². The van der Waals surface area contributed by atoms with E-state index in [0.717, 1.165) is 18.4 Å². The van der Waals surface area contributed by atoms with Gasteiger partial charge in [-0.25, -0.2) is 0 Å². The second-order valence-corrected chi connectivity index (χ2v) is 6.81. The van der Waals surface area contributed by atoms with Gasteiger partial charge < -0.3 is 10.6 Å². The first-order valence-electron chi connectivity index (χ1n) is 8.06. The van der Waals surface area contributed by atoms with Crippen LogP contribution in [0.15, 0.2) is 12.1 Å². The molecule has 22 heavy (non-hydrogen) atoms. The first-order chi connectivity index (χ1) is 10.6.